The minimum Gasteiger partial charge on any atom is -0.397 e. The molecule has 8 heteroatoms. The van der Waals surface area contributed by atoms with Crippen LogP contribution in [-0.4, -0.2) is 15.8 Å². The van der Waals surface area contributed by atoms with E-state index < -0.39 is 10.8 Å². The molecule has 3 N–H and O–H groups in total. The van der Waals surface area contributed by atoms with Gasteiger partial charge in [0.05, 0.1) is 10.6 Å². The largest absolute Gasteiger partial charge is 0.397 e. The van der Waals surface area contributed by atoms with E-state index >= 15 is 0 Å². The highest BCUT2D eigenvalue weighted by molar-refractivity contribution is 7.21. The summed E-state index contributed by atoms with van der Waals surface area (Å²) in [5.41, 5.74) is 7.47. The van der Waals surface area contributed by atoms with E-state index in [4.69, 9.17) is 5.73 Å². The van der Waals surface area contributed by atoms with Gasteiger partial charge in [0.25, 0.3) is 11.6 Å². The molecular weight excluding hydrogens is 316 g/mol. The van der Waals surface area contributed by atoms with Gasteiger partial charge < -0.3 is 11.1 Å². The van der Waals surface area contributed by atoms with Gasteiger partial charge in [-0.1, -0.05) is 6.07 Å². The number of amides is 1. The Bertz CT molecular complexity index is 936. The zero-order valence-corrected chi connectivity index (χ0v) is 12.9. The first-order valence-electron chi connectivity index (χ1n) is 6.67. The molecule has 7 nitrogen and oxygen atoms in total. The number of non-ortho nitro benzene ring substituents is 1. The minimum atomic E-state index is -0.518. The third-order valence-corrected chi connectivity index (χ3v) is 4.37. The Kier molecular flexibility index (Phi) is 3.67. The molecule has 0 fully saturated rings. The molecule has 0 radical (unpaired) electrons. The molecule has 0 saturated carbocycles. The number of hydrogen-bond acceptors (Lipinski definition) is 6. The lowest BCUT2D eigenvalue weighted by molar-refractivity contribution is -0.384. The van der Waals surface area contributed by atoms with Crippen molar-refractivity contribution in [1.82, 2.24) is 4.98 Å². The smallest absolute Gasteiger partial charge is 0.271 e. The number of nitrogens with two attached hydrogens (primary N) is 1. The van der Waals surface area contributed by atoms with Crippen molar-refractivity contribution in [2.24, 2.45) is 0 Å². The molecule has 2 aromatic heterocycles. The number of anilines is 2. The molecule has 2 heterocycles. The summed E-state index contributed by atoms with van der Waals surface area (Å²) in [5, 5.41) is 14.1. The van der Waals surface area contributed by atoms with Crippen LogP contribution >= 0.6 is 11.3 Å². The average molecular weight is 328 g/mol. The van der Waals surface area contributed by atoms with E-state index in [9.17, 15) is 14.9 Å². The molecule has 3 rings (SSSR count). The van der Waals surface area contributed by atoms with Gasteiger partial charge in [-0.15, -0.1) is 11.3 Å². The molecule has 23 heavy (non-hydrogen) atoms. The van der Waals surface area contributed by atoms with E-state index in [1.165, 1.54) is 29.5 Å². The number of nitrogen functional groups attached to an aromatic ring is 1. The molecule has 3 aromatic rings. The van der Waals surface area contributed by atoms with Crippen LogP contribution in [0.2, 0.25) is 0 Å². The summed E-state index contributed by atoms with van der Waals surface area (Å²) in [4.78, 5) is 28.0. The number of benzene rings is 1. The van der Waals surface area contributed by atoms with Crippen LogP contribution in [0, 0.1) is 17.0 Å². The summed E-state index contributed by atoms with van der Waals surface area (Å²) in [6, 6.07) is 9.39. The van der Waals surface area contributed by atoms with Crippen LogP contribution in [0.1, 0.15) is 15.4 Å². The number of pyridine rings is 1. The first kappa shape index (κ1) is 14.9. The molecule has 0 aliphatic carbocycles. The van der Waals surface area contributed by atoms with Crippen LogP contribution in [-0.2, 0) is 0 Å². The van der Waals surface area contributed by atoms with Crippen molar-refractivity contribution in [3.05, 3.63) is 57.1 Å². The Labute approximate surface area is 134 Å². The first-order chi connectivity index (χ1) is 11.0. The Morgan fingerprint density at radius 1 is 1.35 bits per heavy atom. The zero-order valence-electron chi connectivity index (χ0n) is 12.1. The summed E-state index contributed by atoms with van der Waals surface area (Å²) < 4.78 is 0. The number of thiophene rings is 1. The molecule has 0 aliphatic heterocycles. The summed E-state index contributed by atoms with van der Waals surface area (Å²) in [7, 11) is 0. The van der Waals surface area contributed by atoms with Gasteiger partial charge in [-0.3, -0.25) is 14.9 Å². The van der Waals surface area contributed by atoms with E-state index in [-0.39, 0.29) is 5.69 Å². The van der Waals surface area contributed by atoms with E-state index in [1.807, 2.05) is 19.1 Å². The Morgan fingerprint density at radius 3 is 2.87 bits per heavy atom. The summed E-state index contributed by atoms with van der Waals surface area (Å²) >= 11 is 1.19. The number of nitro groups is 1. The second-order valence-corrected chi connectivity index (χ2v) is 5.91. The van der Waals surface area contributed by atoms with Crippen LogP contribution < -0.4 is 11.1 Å². The number of aryl methyl sites for hydroxylation is 1. The van der Waals surface area contributed by atoms with Crippen molar-refractivity contribution >= 4 is 44.5 Å². The standard InChI is InChI=1S/C15H12N4O3S/c1-8-5-6-11-12(16)13(23-15(11)17-8)14(20)18-9-3-2-4-10(7-9)19(21)22/h2-7H,16H2,1H3,(H,18,20). The monoisotopic (exact) mass is 328 g/mol. The van der Waals surface area contributed by atoms with Crippen molar-refractivity contribution in [3.63, 3.8) is 0 Å². The van der Waals surface area contributed by atoms with Gasteiger partial charge in [-0.2, -0.15) is 0 Å². The van der Waals surface area contributed by atoms with Gasteiger partial charge >= 0.3 is 0 Å². The quantitative estimate of drug-likeness (QED) is 0.565. The van der Waals surface area contributed by atoms with Crippen LogP contribution in [0.25, 0.3) is 10.2 Å². The zero-order chi connectivity index (χ0) is 16.6. The number of carbonyl (C=O) groups excluding carboxylic acids is 1. The summed E-state index contributed by atoms with van der Waals surface area (Å²) in [5.74, 6) is -0.413. The van der Waals surface area contributed by atoms with Crippen molar-refractivity contribution < 1.29 is 9.72 Å². The van der Waals surface area contributed by atoms with Gasteiger partial charge in [0, 0.05) is 28.9 Å². The van der Waals surface area contributed by atoms with E-state index in [0.29, 0.717) is 21.1 Å². The normalized spacial score (nSPS) is 10.7. The van der Waals surface area contributed by atoms with E-state index in [1.54, 1.807) is 6.07 Å². The van der Waals surface area contributed by atoms with E-state index in [2.05, 4.69) is 10.3 Å². The van der Waals surface area contributed by atoms with Crippen LogP contribution in [0.4, 0.5) is 17.1 Å². The van der Waals surface area contributed by atoms with Crippen LogP contribution in [0.15, 0.2) is 36.4 Å². The number of nitrogens with one attached hydrogen (secondary N) is 1. The number of carbonyl (C=O) groups is 1. The Morgan fingerprint density at radius 2 is 2.13 bits per heavy atom. The summed E-state index contributed by atoms with van der Waals surface area (Å²) in [6.07, 6.45) is 0. The Hall–Kier alpha value is -3.00. The summed E-state index contributed by atoms with van der Waals surface area (Å²) in [6.45, 7) is 1.86. The molecule has 116 valence electrons. The molecule has 0 bridgehead atoms. The molecule has 0 unspecified atom stereocenters. The number of aromatic nitrogens is 1. The third-order valence-electron chi connectivity index (χ3n) is 3.25. The number of hydrogen-bond donors (Lipinski definition) is 2. The fourth-order valence-corrected chi connectivity index (χ4v) is 3.18. The predicted octanol–water partition coefficient (Wildman–Crippen LogP) is 3.35. The SMILES string of the molecule is Cc1ccc2c(N)c(C(=O)Nc3cccc([N+](=O)[O-])c3)sc2n1. The lowest BCUT2D eigenvalue weighted by atomic mass is 10.2. The second kappa shape index (κ2) is 5.65. The molecule has 1 amide bonds. The number of nitro benzene ring substituents is 1. The maximum absolute atomic E-state index is 12.4. The van der Waals surface area contributed by atoms with Gasteiger partial charge in [0.1, 0.15) is 9.71 Å². The number of rotatable bonds is 3. The minimum absolute atomic E-state index is 0.0931. The molecular formula is C15H12N4O3S. The van der Waals surface area contributed by atoms with Crippen LogP contribution in [0.5, 0.6) is 0 Å². The fraction of sp³-hybridized carbons (Fsp3) is 0.0667. The van der Waals surface area contributed by atoms with Crippen LogP contribution in [0.3, 0.4) is 0 Å². The van der Waals surface area contributed by atoms with Gasteiger partial charge in [-0.25, -0.2) is 4.98 Å². The van der Waals surface area contributed by atoms with Crippen molar-refractivity contribution in [2.45, 2.75) is 6.92 Å². The van der Waals surface area contributed by atoms with Gasteiger partial charge in [-0.05, 0) is 25.1 Å². The highest BCUT2D eigenvalue weighted by Crippen LogP contribution is 2.33. The van der Waals surface area contributed by atoms with Gasteiger partial charge in [0.2, 0.25) is 0 Å². The van der Waals surface area contributed by atoms with Gasteiger partial charge in [0.15, 0.2) is 0 Å². The second-order valence-electron chi connectivity index (χ2n) is 4.91. The van der Waals surface area contributed by atoms with Crippen molar-refractivity contribution in [3.8, 4) is 0 Å². The average Bonchev–Trinajstić information content (AvgIpc) is 2.84. The maximum atomic E-state index is 12.4. The first-order valence-corrected chi connectivity index (χ1v) is 7.49. The number of fused-ring (bicyclic) bond motifs is 1. The third kappa shape index (κ3) is 2.84. The highest BCUT2D eigenvalue weighted by atomic mass is 32.1. The van der Waals surface area contributed by atoms with Crippen molar-refractivity contribution in [1.29, 1.82) is 0 Å². The Balaban J connectivity index is 1.93. The lowest BCUT2D eigenvalue weighted by Gasteiger charge is -2.04. The molecule has 0 aliphatic rings. The molecule has 1 aromatic carbocycles. The lowest BCUT2D eigenvalue weighted by Crippen LogP contribution is -2.12. The molecule has 0 spiro atoms. The topological polar surface area (TPSA) is 111 Å². The maximum Gasteiger partial charge on any atom is 0.271 e. The van der Waals surface area contributed by atoms with Crippen molar-refractivity contribution in [2.75, 3.05) is 11.1 Å². The molecule has 0 atom stereocenters. The fourth-order valence-electron chi connectivity index (χ4n) is 2.14. The highest BCUT2D eigenvalue weighted by Gasteiger charge is 2.18. The number of nitrogens with zero attached hydrogens (tertiary/aromatic N) is 2. The predicted molar refractivity (Wildman–Crippen MR) is 89.8 cm³/mol. The molecule has 0 saturated heterocycles. The van der Waals surface area contributed by atoms with E-state index in [0.717, 1.165) is 11.1 Å².